The van der Waals surface area contributed by atoms with Crippen molar-refractivity contribution >= 4 is 5.91 Å². The van der Waals surface area contributed by atoms with E-state index in [-0.39, 0.29) is 17.9 Å². The van der Waals surface area contributed by atoms with Gasteiger partial charge in [0.25, 0.3) is 0 Å². The minimum absolute atomic E-state index is 0.00391. The highest BCUT2D eigenvalue weighted by atomic mass is 16.5. The molecule has 1 saturated carbocycles. The molecule has 3 rings (SSSR count). The van der Waals surface area contributed by atoms with Gasteiger partial charge in [-0.05, 0) is 31.2 Å². The number of hydrogen-bond donors (Lipinski definition) is 1. The van der Waals surface area contributed by atoms with Gasteiger partial charge in [0.15, 0.2) is 0 Å². The predicted octanol–water partition coefficient (Wildman–Crippen LogP) is 1.55. The zero-order valence-electron chi connectivity index (χ0n) is 15.1. The number of carbonyl (C=O) groups is 1. The van der Waals surface area contributed by atoms with Gasteiger partial charge in [-0.15, -0.1) is 0 Å². The van der Waals surface area contributed by atoms with Gasteiger partial charge in [0.2, 0.25) is 5.91 Å². The highest BCUT2D eigenvalue weighted by Crippen LogP contribution is 2.28. The van der Waals surface area contributed by atoms with E-state index in [9.17, 15) is 9.90 Å². The summed E-state index contributed by atoms with van der Waals surface area (Å²) in [5, 5.41) is 9.91. The molecule has 0 aromatic heterocycles. The van der Waals surface area contributed by atoms with Gasteiger partial charge < -0.3 is 14.7 Å². The standard InChI is InChI=1S/C20H30N2O3/c1-25-19-15-17(7-8-18(19)23)20(24)22-13-11-21(12-14-22)10-9-16-5-3-2-4-6-16/h2-6,17-19,23H,7-15H2,1H3/t17-,18+,19-/m1/s1. The van der Waals surface area contributed by atoms with Crippen LogP contribution in [-0.2, 0) is 16.0 Å². The largest absolute Gasteiger partial charge is 0.390 e. The van der Waals surface area contributed by atoms with Gasteiger partial charge in [0, 0.05) is 45.8 Å². The van der Waals surface area contributed by atoms with Crippen LogP contribution in [0.4, 0.5) is 0 Å². The maximum Gasteiger partial charge on any atom is 0.225 e. The van der Waals surface area contributed by atoms with Gasteiger partial charge >= 0.3 is 0 Å². The van der Waals surface area contributed by atoms with E-state index < -0.39 is 6.10 Å². The van der Waals surface area contributed by atoms with Crippen LogP contribution in [0.2, 0.25) is 0 Å². The van der Waals surface area contributed by atoms with Crippen molar-refractivity contribution in [3.8, 4) is 0 Å². The molecule has 1 aliphatic heterocycles. The number of piperazine rings is 1. The number of aliphatic hydroxyl groups is 1. The van der Waals surface area contributed by atoms with E-state index in [1.54, 1.807) is 7.11 Å². The Balaban J connectivity index is 1.43. The van der Waals surface area contributed by atoms with Gasteiger partial charge in [0.1, 0.15) is 0 Å². The van der Waals surface area contributed by atoms with Crippen molar-refractivity contribution in [1.29, 1.82) is 0 Å². The first-order valence-corrected chi connectivity index (χ1v) is 9.43. The third-order valence-corrected chi connectivity index (χ3v) is 5.65. The topological polar surface area (TPSA) is 53.0 Å². The van der Waals surface area contributed by atoms with Gasteiger partial charge in [0.05, 0.1) is 12.2 Å². The number of benzene rings is 1. The van der Waals surface area contributed by atoms with Gasteiger partial charge in [-0.25, -0.2) is 0 Å². The zero-order chi connectivity index (χ0) is 17.6. The maximum atomic E-state index is 12.8. The third kappa shape index (κ3) is 4.81. The second-order valence-corrected chi connectivity index (χ2v) is 7.25. The lowest BCUT2D eigenvalue weighted by molar-refractivity contribution is -0.142. The van der Waals surface area contributed by atoms with Crippen LogP contribution in [0.15, 0.2) is 30.3 Å². The second kappa shape index (κ2) is 8.79. The van der Waals surface area contributed by atoms with Gasteiger partial charge in [-0.2, -0.15) is 0 Å². The summed E-state index contributed by atoms with van der Waals surface area (Å²) in [5.74, 6) is 0.251. The first-order chi connectivity index (χ1) is 12.2. The molecule has 0 unspecified atom stereocenters. The summed E-state index contributed by atoms with van der Waals surface area (Å²) in [5.41, 5.74) is 1.37. The Morgan fingerprint density at radius 2 is 1.88 bits per heavy atom. The number of methoxy groups -OCH3 is 1. The summed E-state index contributed by atoms with van der Waals surface area (Å²) in [6.45, 7) is 4.56. The number of carbonyl (C=O) groups excluding carboxylic acids is 1. The van der Waals surface area contributed by atoms with E-state index in [1.807, 2.05) is 11.0 Å². The number of aliphatic hydroxyl groups excluding tert-OH is 1. The van der Waals surface area contributed by atoms with Crippen molar-refractivity contribution in [3.63, 3.8) is 0 Å². The summed E-state index contributed by atoms with van der Waals surface area (Å²) in [6.07, 6.45) is 2.51. The van der Waals surface area contributed by atoms with E-state index in [1.165, 1.54) is 5.56 Å². The quantitative estimate of drug-likeness (QED) is 0.879. The van der Waals surface area contributed by atoms with Crippen LogP contribution in [0.5, 0.6) is 0 Å². The molecule has 1 aromatic rings. The Bertz CT molecular complexity index is 543. The molecule has 5 heteroatoms. The number of nitrogens with zero attached hydrogens (tertiary/aromatic N) is 2. The molecule has 1 amide bonds. The number of ether oxygens (including phenoxy) is 1. The lowest BCUT2D eigenvalue weighted by atomic mass is 9.84. The molecule has 1 heterocycles. The molecule has 1 N–H and O–H groups in total. The summed E-state index contributed by atoms with van der Waals surface area (Å²) in [4.78, 5) is 17.2. The van der Waals surface area contributed by atoms with E-state index in [0.717, 1.165) is 45.6 Å². The second-order valence-electron chi connectivity index (χ2n) is 7.25. The molecule has 0 bridgehead atoms. The van der Waals surface area contributed by atoms with Crippen LogP contribution in [-0.4, -0.2) is 72.9 Å². The van der Waals surface area contributed by atoms with E-state index in [0.29, 0.717) is 12.8 Å². The Morgan fingerprint density at radius 3 is 2.56 bits per heavy atom. The molecule has 2 fully saturated rings. The Labute approximate surface area is 150 Å². The van der Waals surface area contributed by atoms with Crippen molar-refractivity contribution < 1.29 is 14.6 Å². The minimum atomic E-state index is -0.427. The van der Waals surface area contributed by atoms with Crippen LogP contribution in [0, 0.1) is 5.92 Å². The van der Waals surface area contributed by atoms with Crippen LogP contribution in [0.25, 0.3) is 0 Å². The van der Waals surface area contributed by atoms with Crippen molar-refractivity contribution in [1.82, 2.24) is 9.80 Å². The van der Waals surface area contributed by atoms with Gasteiger partial charge in [-0.1, -0.05) is 30.3 Å². The van der Waals surface area contributed by atoms with Crippen molar-refractivity contribution in [2.24, 2.45) is 5.92 Å². The molecular weight excluding hydrogens is 316 g/mol. The fraction of sp³-hybridized carbons (Fsp3) is 0.650. The van der Waals surface area contributed by atoms with Crippen LogP contribution >= 0.6 is 0 Å². The Kier molecular flexibility index (Phi) is 6.45. The number of amides is 1. The van der Waals surface area contributed by atoms with Crippen molar-refractivity contribution in [2.45, 2.75) is 37.9 Å². The molecule has 2 aliphatic rings. The zero-order valence-corrected chi connectivity index (χ0v) is 15.1. The normalized spacial score (nSPS) is 28.1. The molecule has 138 valence electrons. The SMILES string of the molecule is CO[C@@H]1C[C@H](C(=O)N2CCN(CCc3ccccc3)CC2)CC[C@@H]1O. The average molecular weight is 346 g/mol. The monoisotopic (exact) mass is 346 g/mol. The van der Waals surface area contributed by atoms with Crippen LogP contribution in [0.1, 0.15) is 24.8 Å². The maximum absolute atomic E-state index is 12.8. The minimum Gasteiger partial charge on any atom is -0.390 e. The summed E-state index contributed by atoms with van der Waals surface area (Å²) in [6, 6.07) is 10.6. The van der Waals surface area contributed by atoms with E-state index in [4.69, 9.17) is 4.74 Å². The third-order valence-electron chi connectivity index (χ3n) is 5.65. The van der Waals surface area contributed by atoms with E-state index in [2.05, 4.69) is 29.2 Å². The summed E-state index contributed by atoms with van der Waals surface area (Å²) >= 11 is 0. The number of rotatable bonds is 5. The van der Waals surface area contributed by atoms with Gasteiger partial charge in [-0.3, -0.25) is 9.69 Å². The highest BCUT2D eigenvalue weighted by molar-refractivity contribution is 5.79. The molecule has 3 atom stereocenters. The molecule has 1 aliphatic carbocycles. The molecule has 1 saturated heterocycles. The molecule has 25 heavy (non-hydrogen) atoms. The fourth-order valence-corrected chi connectivity index (χ4v) is 3.97. The van der Waals surface area contributed by atoms with Crippen LogP contribution in [0.3, 0.4) is 0 Å². The molecule has 0 radical (unpaired) electrons. The summed E-state index contributed by atoms with van der Waals surface area (Å²) in [7, 11) is 1.62. The smallest absolute Gasteiger partial charge is 0.225 e. The lowest BCUT2D eigenvalue weighted by Gasteiger charge is -2.39. The summed E-state index contributed by atoms with van der Waals surface area (Å²) < 4.78 is 5.33. The lowest BCUT2D eigenvalue weighted by Crippen LogP contribution is -2.52. The molecular formula is C20H30N2O3. The molecule has 0 spiro atoms. The van der Waals surface area contributed by atoms with E-state index >= 15 is 0 Å². The fourth-order valence-electron chi connectivity index (χ4n) is 3.97. The number of hydrogen-bond acceptors (Lipinski definition) is 4. The van der Waals surface area contributed by atoms with Crippen molar-refractivity contribution in [2.75, 3.05) is 39.8 Å². The molecule has 5 nitrogen and oxygen atoms in total. The highest BCUT2D eigenvalue weighted by Gasteiger charge is 2.35. The average Bonchev–Trinajstić information content (AvgIpc) is 2.67. The first kappa shape index (κ1) is 18.4. The Morgan fingerprint density at radius 1 is 1.16 bits per heavy atom. The predicted molar refractivity (Wildman–Crippen MR) is 97.3 cm³/mol. The Hall–Kier alpha value is -1.43. The van der Waals surface area contributed by atoms with Crippen LogP contribution < -0.4 is 0 Å². The van der Waals surface area contributed by atoms with Crippen molar-refractivity contribution in [3.05, 3.63) is 35.9 Å². The first-order valence-electron chi connectivity index (χ1n) is 9.43. The molecule has 1 aromatic carbocycles.